The molecule has 0 unspecified atom stereocenters. The number of carbonyl (C=O) groups excluding carboxylic acids is 4. The lowest BCUT2D eigenvalue weighted by molar-refractivity contribution is -0.133. The van der Waals surface area contributed by atoms with E-state index in [0.717, 1.165) is 44.9 Å². The number of hydrazine groups is 1. The molecule has 0 aliphatic carbocycles. The average molecular weight is 769 g/mol. The van der Waals surface area contributed by atoms with Gasteiger partial charge >= 0.3 is 0 Å². The maximum Gasteiger partial charge on any atom is 0.239 e. The number of amides is 3. The van der Waals surface area contributed by atoms with Crippen molar-refractivity contribution in [3.63, 3.8) is 0 Å². The number of nitrogens with zero attached hydrogens (tertiary/aromatic N) is 2. The van der Waals surface area contributed by atoms with Crippen molar-refractivity contribution < 1.29 is 29.4 Å². The van der Waals surface area contributed by atoms with E-state index in [1.54, 1.807) is 7.05 Å². The predicted octanol–water partition coefficient (Wildman–Crippen LogP) is 5.79. The molecule has 0 saturated carbocycles. The van der Waals surface area contributed by atoms with Gasteiger partial charge in [-0.1, -0.05) is 117 Å². The molecule has 0 saturated heterocycles. The number of rotatable bonds is 40. The number of ketones is 1. The van der Waals surface area contributed by atoms with Gasteiger partial charge in [-0.2, -0.15) is 0 Å². The summed E-state index contributed by atoms with van der Waals surface area (Å²) in [7, 11) is 1.64. The average Bonchev–Trinajstić information content (AvgIpc) is 3.16. The maximum absolute atomic E-state index is 13.4. The van der Waals surface area contributed by atoms with E-state index in [-0.39, 0.29) is 36.7 Å². The fourth-order valence-electron chi connectivity index (χ4n) is 6.56. The predicted molar refractivity (Wildman–Crippen MR) is 221 cm³/mol. The number of aliphatic hydroxyl groups excluding tert-OH is 2. The third kappa shape index (κ3) is 29.2. The van der Waals surface area contributed by atoms with Crippen LogP contribution >= 0.6 is 0 Å². The molecule has 6 N–H and O–H groups in total. The summed E-state index contributed by atoms with van der Waals surface area (Å²) in [6.45, 7) is 8.71. The summed E-state index contributed by atoms with van der Waals surface area (Å²) in [5.74, 6) is -0.0777. The zero-order chi connectivity index (χ0) is 40.1. The molecule has 0 rings (SSSR count). The van der Waals surface area contributed by atoms with Crippen molar-refractivity contribution >= 4 is 23.5 Å². The van der Waals surface area contributed by atoms with Gasteiger partial charge in [0.15, 0.2) is 0 Å². The Morgan fingerprint density at radius 1 is 0.519 bits per heavy atom. The molecule has 318 valence electrons. The Balaban J connectivity index is 5.06. The van der Waals surface area contributed by atoms with Crippen molar-refractivity contribution in [3.8, 4) is 0 Å². The van der Waals surface area contributed by atoms with E-state index in [2.05, 4.69) is 35.3 Å². The number of likely N-dealkylation sites (N-methyl/N-ethyl adjacent to an activating group) is 1. The van der Waals surface area contributed by atoms with Crippen LogP contribution < -0.4 is 21.5 Å². The SMILES string of the molecule is CCCCCCCCCCCC(=O)N(CCCCN(CCCNC(=O)[C@H](CO)NC)C(=O)CCCCCCCCCCC)CCCNN[C@@H](CO)C(C)=O. The van der Waals surface area contributed by atoms with Gasteiger partial charge in [-0.05, 0) is 52.5 Å². The smallest absolute Gasteiger partial charge is 0.239 e. The number of hydrogen-bond donors (Lipinski definition) is 6. The molecule has 0 spiro atoms. The third-order valence-electron chi connectivity index (χ3n) is 10.2. The molecule has 0 radical (unpaired) electrons. The van der Waals surface area contributed by atoms with E-state index in [1.807, 2.05) is 9.80 Å². The summed E-state index contributed by atoms with van der Waals surface area (Å²) in [6, 6.07) is -1.30. The molecule has 12 heteroatoms. The standard InChI is InChI=1S/C42H84N6O6/c1-5-7-9-11-13-15-17-19-21-27-40(52)47(33-25-29-44-42(54)39(36-50)43-4)31-23-24-32-48(34-26-30-45-46-38(35-49)37(3)51)41(53)28-22-20-18-16-14-12-10-8-6-2/h38-39,43,45-46,49-50H,5-36H2,1-4H3,(H,44,54)/t38-,39-/m0/s1. The second-order valence-electron chi connectivity index (χ2n) is 15.1. The zero-order valence-corrected chi connectivity index (χ0v) is 35.2. The van der Waals surface area contributed by atoms with Crippen LogP contribution in [0.4, 0.5) is 0 Å². The Morgan fingerprint density at radius 2 is 0.907 bits per heavy atom. The van der Waals surface area contributed by atoms with Crippen LogP contribution in [0.25, 0.3) is 0 Å². The van der Waals surface area contributed by atoms with Crippen molar-refractivity contribution in [1.82, 2.24) is 31.3 Å². The van der Waals surface area contributed by atoms with Gasteiger partial charge in [0.1, 0.15) is 17.9 Å². The highest BCUT2D eigenvalue weighted by atomic mass is 16.3. The van der Waals surface area contributed by atoms with E-state index < -0.39 is 12.1 Å². The largest absolute Gasteiger partial charge is 0.394 e. The van der Waals surface area contributed by atoms with E-state index in [1.165, 1.54) is 90.4 Å². The Hall–Kier alpha value is -2.12. The van der Waals surface area contributed by atoms with Gasteiger partial charge < -0.3 is 30.6 Å². The minimum Gasteiger partial charge on any atom is -0.394 e. The molecule has 12 nitrogen and oxygen atoms in total. The Labute approximate surface area is 330 Å². The van der Waals surface area contributed by atoms with Gasteiger partial charge in [-0.25, -0.2) is 5.43 Å². The zero-order valence-electron chi connectivity index (χ0n) is 35.2. The molecule has 0 aromatic carbocycles. The van der Waals surface area contributed by atoms with Crippen molar-refractivity contribution in [3.05, 3.63) is 0 Å². The summed E-state index contributed by atoms with van der Waals surface area (Å²) in [4.78, 5) is 54.5. The van der Waals surface area contributed by atoms with Gasteiger partial charge in [0.25, 0.3) is 0 Å². The van der Waals surface area contributed by atoms with Gasteiger partial charge in [-0.3, -0.25) is 24.6 Å². The highest BCUT2D eigenvalue weighted by molar-refractivity contribution is 5.82. The number of carbonyl (C=O) groups is 4. The number of unbranched alkanes of at least 4 members (excludes halogenated alkanes) is 17. The molecule has 0 heterocycles. The first-order valence-corrected chi connectivity index (χ1v) is 22.0. The van der Waals surface area contributed by atoms with Gasteiger partial charge in [-0.15, -0.1) is 0 Å². The topological polar surface area (TPSA) is 163 Å². The monoisotopic (exact) mass is 769 g/mol. The fourth-order valence-corrected chi connectivity index (χ4v) is 6.56. The fraction of sp³-hybridized carbons (Fsp3) is 0.905. The normalized spacial score (nSPS) is 12.4. The molecule has 0 aromatic heterocycles. The summed E-state index contributed by atoms with van der Waals surface area (Å²) < 4.78 is 0. The molecular weight excluding hydrogens is 684 g/mol. The van der Waals surface area contributed by atoms with E-state index in [9.17, 15) is 29.4 Å². The molecule has 54 heavy (non-hydrogen) atoms. The molecule has 0 bridgehead atoms. The van der Waals surface area contributed by atoms with Crippen LogP contribution in [0.3, 0.4) is 0 Å². The van der Waals surface area contributed by atoms with Gasteiger partial charge in [0, 0.05) is 52.1 Å². The summed E-state index contributed by atoms with van der Waals surface area (Å²) in [5, 5.41) is 24.4. The summed E-state index contributed by atoms with van der Waals surface area (Å²) >= 11 is 0. The first-order chi connectivity index (χ1) is 26.2. The lowest BCUT2D eigenvalue weighted by Gasteiger charge is -2.26. The molecular formula is C42H84N6O6. The van der Waals surface area contributed by atoms with Crippen molar-refractivity contribution in [2.45, 2.75) is 187 Å². The minimum atomic E-state index is -0.651. The number of Topliss-reactive ketones (excluding diaryl/α,β-unsaturated/α-hetero) is 1. The number of nitrogens with one attached hydrogen (secondary N) is 4. The lowest BCUT2D eigenvalue weighted by Crippen LogP contribution is -2.47. The molecule has 0 aliphatic rings. The first-order valence-electron chi connectivity index (χ1n) is 22.0. The van der Waals surface area contributed by atoms with Crippen LogP contribution in [-0.2, 0) is 19.2 Å². The molecule has 3 amide bonds. The van der Waals surface area contributed by atoms with Crippen molar-refractivity contribution in [1.29, 1.82) is 0 Å². The van der Waals surface area contributed by atoms with E-state index in [4.69, 9.17) is 0 Å². The summed E-state index contributed by atoms with van der Waals surface area (Å²) in [6.07, 6.45) is 25.6. The van der Waals surface area contributed by atoms with Crippen LogP contribution in [0.15, 0.2) is 0 Å². The first kappa shape index (κ1) is 51.9. The van der Waals surface area contributed by atoms with Crippen molar-refractivity contribution in [2.24, 2.45) is 0 Å². The van der Waals surface area contributed by atoms with Crippen LogP contribution in [-0.4, -0.2) is 115 Å². The van der Waals surface area contributed by atoms with Crippen LogP contribution in [0.2, 0.25) is 0 Å². The second-order valence-corrected chi connectivity index (χ2v) is 15.1. The quantitative estimate of drug-likeness (QED) is 0.0335. The van der Waals surface area contributed by atoms with E-state index >= 15 is 0 Å². The lowest BCUT2D eigenvalue weighted by atomic mass is 10.1. The molecule has 0 aromatic rings. The molecule has 0 aliphatic heterocycles. The third-order valence-corrected chi connectivity index (χ3v) is 10.2. The Bertz CT molecular complexity index is 922. The van der Waals surface area contributed by atoms with Gasteiger partial charge in [0.05, 0.1) is 13.2 Å². The number of aliphatic hydroxyl groups is 2. The van der Waals surface area contributed by atoms with Crippen LogP contribution in [0.5, 0.6) is 0 Å². The minimum absolute atomic E-state index is 0.141. The van der Waals surface area contributed by atoms with Crippen LogP contribution in [0.1, 0.15) is 175 Å². The van der Waals surface area contributed by atoms with Crippen LogP contribution in [0, 0.1) is 0 Å². The van der Waals surface area contributed by atoms with Crippen molar-refractivity contribution in [2.75, 3.05) is 59.5 Å². The maximum atomic E-state index is 13.4. The molecule has 0 fully saturated rings. The Kier molecular flexibility index (Phi) is 36.3. The number of hydrogen-bond acceptors (Lipinski definition) is 9. The highest BCUT2D eigenvalue weighted by Crippen LogP contribution is 2.14. The van der Waals surface area contributed by atoms with E-state index in [0.29, 0.717) is 65.0 Å². The summed E-state index contributed by atoms with van der Waals surface area (Å²) in [5.41, 5.74) is 5.88. The van der Waals surface area contributed by atoms with Gasteiger partial charge in [0.2, 0.25) is 17.7 Å². The Morgan fingerprint density at radius 3 is 1.30 bits per heavy atom. The second kappa shape index (κ2) is 37.8. The molecule has 2 atom stereocenters. The highest BCUT2D eigenvalue weighted by Gasteiger charge is 2.18.